The summed E-state index contributed by atoms with van der Waals surface area (Å²) in [7, 11) is 0. The molecule has 0 amide bonds. The Kier molecular flexibility index (Phi) is 5.43. The third-order valence-electron chi connectivity index (χ3n) is 7.36. The van der Waals surface area contributed by atoms with Gasteiger partial charge in [0.15, 0.2) is 0 Å². The minimum atomic E-state index is 0.298. The van der Waals surface area contributed by atoms with Gasteiger partial charge in [-0.1, -0.05) is 30.7 Å². The van der Waals surface area contributed by atoms with E-state index in [-0.39, 0.29) is 0 Å². The summed E-state index contributed by atoms with van der Waals surface area (Å²) in [5.74, 6) is 0.843. The van der Waals surface area contributed by atoms with Crippen LogP contribution in [0.4, 0.5) is 0 Å². The van der Waals surface area contributed by atoms with Crippen LogP contribution >= 0.6 is 0 Å². The molecule has 0 bridgehead atoms. The van der Waals surface area contributed by atoms with Gasteiger partial charge in [0, 0.05) is 46.0 Å². The Hall–Kier alpha value is -4.45. The maximum absolute atomic E-state index is 6.27. The Morgan fingerprint density at radius 1 is 0.730 bits per heavy atom. The largest absolute Gasteiger partial charge is 0.489 e. The van der Waals surface area contributed by atoms with Crippen LogP contribution in [0.1, 0.15) is 32.1 Å². The van der Waals surface area contributed by atoms with Crippen molar-refractivity contribution in [1.29, 1.82) is 0 Å². The molecule has 1 aliphatic rings. The van der Waals surface area contributed by atoms with Crippen molar-refractivity contribution < 1.29 is 4.74 Å². The van der Waals surface area contributed by atoms with Crippen molar-refractivity contribution >= 4 is 21.8 Å². The van der Waals surface area contributed by atoms with Crippen molar-refractivity contribution in [2.75, 3.05) is 0 Å². The summed E-state index contributed by atoms with van der Waals surface area (Å²) in [5, 5.41) is 10.1. The van der Waals surface area contributed by atoms with Crippen LogP contribution in [0.3, 0.4) is 0 Å². The van der Waals surface area contributed by atoms with Gasteiger partial charge in [0.2, 0.25) is 0 Å². The Balaban J connectivity index is 1.26. The third-order valence-corrected chi connectivity index (χ3v) is 7.36. The van der Waals surface area contributed by atoms with Gasteiger partial charge in [0.1, 0.15) is 11.4 Å². The van der Waals surface area contributed by atoms with Crippen molar-refractivity contribution in [3.05, 3.63) is 85.5 Å². The fraction of sp³-hybridized carbons (Fsp3) is 0.194. The Bertz CT molecular complexity index is 1700. The highest BCUT2D eigenvalue weighted by atomic mass is 16.5. The summed E-state index contributed by atoms with van der Waals surface area (Å²) in [4.78, 5) is 12.4. The molecule has 0 saturated heterocycles. The standard InChI is InChI=1S/C31H27N5O/c1-2-7-23(8-3-1)37-24-14-22(18-33-19-24)20-11-12-29-27(15-20)31(36-35-29)30-16-26-25(9-4-10-28(26)34-30)21-6-5-13-32-17-21/h4-6,9-19,23,34H,1-3,7-8H2,(H,35,36). The van der Waals surface area contributed by atoms with Crippen molar-refractivity contribution in [2.24, 2.45) is 0 Å². The molecule has 0 aliphatic heterocycles. The molecular weight excluding hydrogens is 458 g/mol. The van der Waals surface area contributed by atoms with E-state index in [0.29, 0.717) is 6.10 Å². The molecule has 6 aromatic rings. The van der Waals surface area contributed by atoms with Crippen molar-refractivity contribution in [3.63, 3.8) is 0 Å². The van der Waals surface area contributed by atoms with Crippen molar-refractivity contribution in [3.8, 4) is 39.4 Å². The van der Waals surface area contributed by atoms with Crippen molar-refractivity contribution in [1.82, 2.24) is 25.1 Å². The molecule has 0 spiro atoms. The number of rotatable bonds is 5. The third kappa shape index (κ3) is 4.14. The molecule has 0 atom stereocenters. The lowest BCUT2D eigenvalue weighted by Crippen LogP contribution is -2.19. The lowest BCUT2D eigenvalue weighted by atomic mass is 9.98. The zero-order valence-corrected chi connectivity index (χ0v) is 20.4. The minimum absolute atomic E-state index is 0.298. The molecule has 1 fully saturated rings. The van der Waals surface area contributed by atoms with E-state index in [1.54, 1.807) is 6.20 Å². The first-order valence-electron chi connectivity index (χ1n) is 12.9. The summed E-state index contributed by atoms with van der Waals surface area (Å²) in [6.07, 6.45) is 13.8. The highest BCUT2D eigenvalue weighted by molar-refractivity contribution is 6.01. The SMILES string of the molecule is c1cncc(-c2cccc3[nH]c(-c4n[nH]c5ccc(-c6cncc(OC7CCCCC7)c6)cc45)cc23)c1. The van der Waals surface area contributed by atoms with Crippen LogP contribution in [0.25, 0.3) is 55.4 Å². The summed E-state index contributed by atoms with van der Waals surface area (Å²) in [5.41, 5.74) is 8.30. The molecule has 4 heterocycles. The van der Waals surface area contributed by atoms with Crippen molar-refractivity contribution in [2.45, 2.75) is 38.2 Å². The molecule has 1 saturated carbocycles. The number of H-pyrrole nitrogens is 2. The zero-order chi connectivity index (χ0) is 24.6. The number of ether oxygens (including phenoxy) is 1. The number of nitrogens with zero attached hydrogens (tertiary/aromatic N) is 3. The topological polar surface area (TPSA) is 79.5 Å². The average molecular weight is 486 g/mol. The van der Waals surface area contributed by atoms with Crippen LogP contribution in [0, 0.1) is 0 Å². The van der Waals surface area contributed by atoms with Crippen LogP contribution in [-0.4, -0.2) is 31.3 Å². The molecule has 4 aromatic heterocycles. The number of hydrogen-bond acceptors (Lipinski definition) is 4. The van der Waals surface area contributed by atoms with E-state index < -0.39 is 0 Å². The monoisotopic (exact) mass is 485 g/mol. The van der Waals surface area contributed by atoms with Crippen LogP contribution in [0.2, 0.25) is 0 Å². The number of aromatic amines is 2. The Morgan fingerprint density at radius 2 is 1.65 bits per heavy atom. The summed E-state index contributed by atoms with van der Waals surface area (Å²) >= 11 is 0. The Labute approximate surface area is 214 Å². The van der Waals surface area contributed by atoms with Crippen LogP contribution < -0.4 is 4.74 Å². The normalized spacial score (nSPS) is 14.4. The molecule has 0 radical (unpaired) electrons. The number of hydrogen-bond donors (Lipinski definition) is 2. The second kappa shape index (κ2) is 9.21. The van der Waals surface area contributed by atoms with E-state index in [2.05, 4.69) is 79.7 Å². The number of pyridine rings is 2. The van der Waals surface area contributed by atoms with E-state index >= 15 is 0 Å². The quantitative estimate of drug-likeness (QED) is 0.264. The van der Waals surface area contributed by atoms with Crippen LogP contribution in [0.15, 0.2) is 85.5 Å². The minimum Gasteiger partial charge on any atom is -0.489 e. The molecule has 6 heteroatoms. The zero-order valence-electron chi connectivity index (χ0n) is 20.4. The summed E-state index contributed by atoms with van der Waals surface area (Å²) < 4.78 is 6.27. The highest BCUT2D eigenvalue weighted by Gasteiger charge is 2.17. The van der Waals surface area contributed by atoms with Gasteiger partial charge < -0.3 is 9.72 Å². The van der Waals surface area contributed by atoms with E-state index in [4.69, 9.17) is 4.74 Å². The van der Waals surface area contributed by atoms with Gasteiger partial charge in [0.25, 0.3) is 0 Å². The van der Waals surface area contributed by atoms with Gasteiger partial charge in [-0.3, -0.25) is 15.1 Å². The fourth-order valence-electron chi connectivity index (χ4n) is 5.47. The molecular formula is C31H27N5O. The second-order valence-corrected chi connectivity index (χ2v) is 9.81. The van der Waals surface area contributed by atoms with E-state index in [0.717, 1.165) is 74.0 Å². The molecule has 2 aromatic carbocycles. The molecule has 2 N–H and O–H groups in total. The first-order chi connectivity index (χ1) is 18.3. The van der Waals surface area contributed by atoms with Gasteiger partial charge in [-0.25, -0.2) is 0 Å². The van der Waals surface area contributed by atoms with E-state index in [1.807, 2.05) is 24.7 Å². The molecule has 37 heavy (non-hydrogen) atoms. The van der Waals surface area contributed by atoms with Crippen LogP contribution in [0.5, 0.6) is 5.75 Å². The molecule has 6 nitrogen and oxygen atoms in total. The smallest absolute Gasteiger partial charge is 0.138 e. The maximum Gasteiger partial charge on any atom is 0.138 e. The fourth-order valence-corrected chi connectivity index (χ4v) is 5.47. The van der Waals surface area contributed by atoms with Gasteiger partial charge >= 0.3 is 0 Å². The first-order valence-corrected chi connectivity index (χ1v) is 12.9. The predicted octanol–water partition coefficient (Wildman–Crippen LogP) is 7.55. The second-order valence-electron chi connectivity index (χ2n) is 9.81. The number of nitrogens with one attached hydrogen (secondary N) is 2. The Morgan fingerprint density at radius 3 is 2.54 bits per heavy atom. The van der Waals surface area contributed by atoms with Gasteiger partial charge in [0.05, 0.1) is 23.5 Å². The van der Waals surface area contributed by atoms with Gasteiger partial charge in [-0.15, -0.1) is 0 Å². The molecule has 0 unspecified atom stereocenters. The summed E-state index contributed by atoms with van der Waals surface area (Å²) in [6, 6.07) is 21.0. The molecule has 7 rings (SSSR count). The van der Waals surface area contributed by atoms with E-state index in [1.165, 1.54) is 19.3 Å². The van der Waals surface area contributed by atoms with Gasteiger partial charge in [-0.2, -0.15) is 5.10 Å². The molecule has 182 valence electrons. The lowest BCUT2D eigenvalue weighted by molar-refractivity contribution is 0.154. The maximum atomic E-state index is 6.27. The van der Waals surface area contributed by atoms with Gasteiger partial charge in [-0.05, 0) is 73.2 Å². The average Bonchev–Trinajstić information content (AvgIpc) is 3.58. The number of benzene rings is 2. The van der Waals surface area contributed by atoms with E-state index in [9.17, 15) is 0 Å². The highest BCUT2D eigenvalue weighted by Crippen LogP contribution is 2.35. The first kappa shape index (κ1) is 21.8. The lowest BCUT2D eigenvalue weighted by Gasteiger charge is -2.23. The molecule has 1 aliphatic carbocycles. The summed E-state index contributed by atoms with van der Waals surface area (Å²) in [6.45, 7) is 0. The number of aromatic nitrogens is 5. The number of fused-ring (bicyclic) bond motifs is 2. The predicted molar refractivity (Wildman–Crippen MR) is 147 cm³/mol. The van der Waals surface area contributed by atoms with Crippen LogP contribution in [-0.2, 0) is 0 Å².